The van der Waals surface area contributed by atoms with E-state index >= 15 is 0 Å². The molecular formula is C17H20N2O2. The van der Waals surface area contributed by atoms with Crippen molar-refractivity contribution < 1.29 is 9.47 Å². The van der Waals surface area contributed by atoms with Gasteiger partial charge in [-0.15, -0.1) is 0 Å². The molecule has 1 unspecified atom stereocenters. The van der Waals surface area contributed by atoms with Crippen LogP contribution in [0.1, 0.15) is 5.56 Å². The molecule has 21 heavy (non-hydrogen) atoms. The first kappa shape index (κ1) is 14.0. The molecule has 1 N–H and O–H groups in total. The molecule has 0 amide bonds. The van der Waals surface area contributed by atoms with Gasteiger partial charge in [0, 0.05) is 24.8 Å². The van der Waals surface area contributed by atoms with Crippen molar-refractivity contribution in [1.82, 2.24) is 10.3 Å². The first-order chi connectivity index (χ1) is 10.3. The largest absolute Gasteiger partial charge is 0.489 e. The molecule has 0 saturated carbocycles. The molecule has 4 nitrogen and oxygen atoms in total. The summed E-state index contributed by atoms with van der Waals surface area (Å²) >= 11 is 0. The van der Waals surface area contributed by atoms with Crippen LogP contribution in [0.25, 0.3) is 11.1 Å². The van der Waals surface area contributed by atoms with E-state index in [-0.39, 0.29) is 6.10 Å². The SMILES string of the molecule is Cc1ccc(-c2cncc(OCC3CNCCO3)c2)cc1. The van der Waals surface area contributed by atoms with Gasteiger partial charge in [0.1, 0.15) is 18.5 Å². The van der Waals surface area contributed by atoms with Crippen LogP contribution in [0.4, 0.5) is 0 Å². The number of benzene rings is 1. The molecule has 1 aliphatic heterocycles. The first-order valence-corrected chi connectivity index (χ1v) is 7.28. The van der Waals surface area contributed by atoms with E-state index in [1.807, 2.05) is 12.3 Å². The zero-order valence-corrected chi connectivity index (χ0v) is 12.2. The normalized spacial score (nSPS) is 18.4. The maximum absolute atomic E-state index is 5.80. The lowest BCUT2D eigenvalue weighted by Gasteiger charge is -2.23. The van der Waals surface area contributed by atoms with Crippen molar-refractivity contribution in [2.24, 2.45) is 0 Å². The summed E-state index contributed by atoms with van der Waals surface area (Å²) in [6, 6.07) is 10.4. The number of aryl methyl sites for hydroxylation is 1. The molecule has 2 aromatic rings. The van der Waals surface area contributed by atoms with E-state index in [1.165, 1.54) is 5.56 Å². The first-order valence-electron chi connectivity index (χ1n) is 7.28. The van der Waals surface area contributed by atoms with Crippen molar-refractivity contribution in [3.63, 3.8) is 0 Å². The van der Waals surface area contributed by atoms with Gasteiger partial charge in [-0.2, -0.15) is 0 Å². The summed E-state index contributed by atoms with van der Waals surface area (Å²) in [5, 5.41) is 3.29. The van der Waals surface area contributed by atoms with Crippen LogP contribution in [0, 0.1) is 6.92 Å². The van der Waals surface area contributed by atoms with Crippen molar-refractivity contribution in [3.05, 3.63) is 48.3 Å². The monoisotopic (exact) mass is 284 g/mol. The number of morpholine rings is 1. The Kier molecular flexibility index (Phi) is 4.48. The van der Waals surface area contributed by atoms with Crippen LogP contribution in [-0.4, -0.2) is 37.4 Å². The van der Waals surface area contributed by atoms with E-state index in [0.29, 0.717) is 6.61 Å². The van der Waals surface area contributed by atoms with Crippen molar-refractivity contribution in [3.8, 4) is 16.9 Å². The highest BCUT2D eigenvalue weighted by molar-refractivity contribution is 5.64. The molecule has 2 heterocycles. The van der Waals surface area contributed by atoms with Crippen LogP contribution in [0.15, 0.2) is 42.7 Å². The Labute approximate surface area is 125 Å². The van der Waals surface area contributed by atoms with Gasteiger partial charge in [-0.1, -0.05) is 29.8 Å². The molecule has 0 radical (unpaired) electrons. The van der Waals surface area contributed by atoms with Crippen LogP contribution in [0.5, 0.6) is 5.75 Å². The van der Waals surface area contributed by atoms with Gasteiger partial charge in [-0.3, -0.25) is 4.98 Å². The van der Waals surface area contributed by atoms with E-state index in [4.69, 9.17) is 9.47 Å². The predicted octanol–water partition coefficient (Wildman–Crippen LogP) is 2.42. The number of pyridine rings is 1. The van der Waals surface area contributed by atoms with Gasteiger partial charge in [0.25, 0.3) is 0 Å². The number of hydrogen-bond donors (Lipinski definition) is 1. The van der Waals surface area contributed by atoms with Crippen molar-refractivity contribution in [2.75, 3.05) is 26.3 Å². The topological polar surface area (TPSA) is 43.4 Å². The van der Waals surface area contributed by atoms with E-state index in [1.54, 1.807) is 6.20 Å². The Balaban J connectivity index is 1.66. The van der Waals surface area contributed by atoms with E-state index in [9.17, 15) is 0 Å². The van der Waals surface area contributed by atoms with Gasteiger partial charge in [-0.05, 0) is 18.6 Å². The molecule has 1 aliphatic rings. The summed E-state index contributed by atoms with van der Waals surface area (Å²) in [6.07, 6.45) is 3.71. The Bertz CT molecular complexity index is 578. The fourth-order valence-electron chi connectivity index (χ4n) is 2.32. The molecule has 0 bridgehead atoms. The number of nitrogens with zero attached hydrogens (tertiary/aromatic N) is 1. The van der Waals surface area contributed by atoms with E-state index < -0.39 is 0 Å². The Hall–Kier alpha value is -1.91. The minimum absolute atomic E-state index is 0.113. The summed E-state index contributed by atoms with van der Waals surface area (Å²) in [4.78, 5) is 4.27. The standard InChI is InChI=1S/C17H20N2O2/c1-13-2-4-14(5-3-13)15-8-16(10-19-9-15)21-12-17-11-18-6-7-20-17/h2-5,8-10,17-18H,6-7,11-12H2,1H3. The molecule has 0 spiro atoms. The zero-order valence-electron chi connectivity index (χ0n) is 12.2. The minimum Gasteiger partial charge on any atom is -0.489 e. The highest BCUT2D eigenvalue weighted by Crippen LogP contribution is 2.23. The fraction of sp³-hybridized carbons (Fsp3) is 0.353. The lowest BCUT2D eigenvalue weighted by Crippen LogP contribution is -2.41. The third-order valence-electron chi connectivity index (χ3n) is 3.54. The van der Waals surface area contributed by atoms with E-state index in [2.05, 4.69) is 41.5 Å². The molecule has 1 atom stereocenters. The average molecular weight is 284 g/mol. The third-order valence-corrected chi connectivity index (χ3v) is 3.54. The van der Waals surface area contributed by atoms with Crippen molar-refractivity contribution >= 4 is 0 Å². The van der Waals surface area contributed by atoms with Crippen LogP contribution in [0.2, 0.25) is 0 Å². The van der Waals surface area contributed by atoms with Gasteiger partial charge in [0.15, 0.2) is 0 Å². The lowest BCUT2D eigenvalue weighted by atomic mass is 10.1. The number of rotatable bonds is 4. The smallest absolute Gasteiger partial charge is 0.138 e. The molecule has 4 heteroatoms. The molecule has 1 saturated heterocycles. The summed E-state index contributed by atoms with van der Waals surface area (Å²) in [5.41, 5.74) is 3.46. The van der Waals surface area contributed by atoms with Crippen molar-refractivity contribution in [2.45, 2.75) is 13.0 Å². The Morgan fingerprint density at radius 3 is 2.86 bits per heavy atom. The molecular weight excluding hydrogens is 264 g/mol. The second-order valence-corrected chi connectivity index (χ2v) is 5.28. The highest BCUT2D eigenvalue weighted by atomic mass is 16.5. The highest BCUT2D eigenvalue weighted by Gasteiger charge is 2.14. The summed E-state index contributed by atoms with van der Waals surface area (Å²) in [7, 11) is 0. The molecule has 3 rings (SSSR count). The van der Waals surface area contributed by atoms with Gasteiger partial charge in [0.05, 0.1) is 12.8 Å². The van der Waals surface area contributed by atoms with Crippen LogP contribution in [-0.2, 0) is 4.74 Å². The van der Waals surface area contributed by atoms with Crippen LogP contribution < -0.4 is 10.1 Å². The summed E-state index contributed by atoms with van der Waals surface area (Å²) in [5.74, 6) is 0.780. The molecule has 1 fully saturated rings. The van der Waals surface area contributed by atoms with Gasteiger partial charge in [-0.25, -0.2) is 0 Å². The maximum atomic E-state index is 5.80. The predicted molar refractivity (Wildman–Crippen MR) is 82.5 cm³/mol. The van der Waals surface area contributed by atoms with Crippen LogP contribution >= 0.6 is 0 Å². The number of ether oxygens (including phenoxy) is 2. The molecule has 1 aromatic heterocycles. The number of aromatic nitrogens is 1. The number of hydrogen-bond acceptors (Lipinski definition) is 4. The van der Waals surface area contributed by atoms with E-state index in [0.717, 1.165) is 36.6 Å². The molecule has 0 aliphatic carbocycles. The quantitative estimate of drug-likeness (QED) is 0.936. The fourth-order valence-corrected chi connectivity index (χ4v) is 2.32. The Morgan fingerprint density at radius 1 is 1.24 bits per heavy atom. The lowest BCUT2D eigenvalue weighted by molar-refractivity contribution is 0.000136. The third kappa shape index (κ3) is 3.80. The second kappa shape index (κ2) is 6.70. The zero-order chi connectivity index (χ0) is 14.5. The summed E-state index contributed by atoms with van der Waals surface area (Å²) < 4.78 is 11.4. The van der Waals surface area contributed by atoms with Gasteiger partial charge >= 0.3 is 0 Å². The molecule has 110 valence electrons. The number of nitrogens with one attached hydrogen (secondary N) is 1. The molecule has 1 aromatic carbocycles. The van der Waals surface area contributed by atoms with Crippen molar-refractivity contribution in [1.29, 1.82) is 0 Å². The average Bonchev–Trinajstić information content (AvgIpc) is 2.55. The van der Waals surface area contributed by atoms with Gasteiger partial charge in [0.2, 0.25) is 0 Å². The summed E-state index contributed by atoms with van der Waals surface area (Å²) in [6.45, 7) is 5.13. The minimum atomic E-state index is 0.113. The maximum Gasteiger partial charge on any atom is 0.138 e. The van der Waals surface area contributed by atoms with Crippen LogP contribution in [0.3, 0.4) is 0 Å². The Morgan fingerprint density at radius 2 is 2.10 bits per heavy atom. The van der Waals surface area contributed by atoms with Gasteiger partial charge < -0.3 is 14.8 Å². The second-order valence-electron chi connectivity index (χ2n) is 5.28.